The molecular weight excluding hydrogens is 310 g/mol. The van der Waals surface area contributed by atoms with Gasteiger partial charge in [0.1, 0.15) is 0 Å². The Morgan fingerprint density at radius 1 is 0.920 bits per heavy atom. The van der Waals surface area contributed by atoms with Gasteiger partial charge < -0.3 is 10.2 Å². The number of anilines is 1. The van der Waals surface area contributed by atoms with Crippen molar-refractivity contribution in [3.63, 3.8) is 0 Å². The largest absolute Gasteiger partial charge is 0.355 e. The Morgan fingerprint density at radius 2 is 1.72 bits per heavy atom. The van der Waals surface area contributed by atoms with Crippen LogP contribution in [0.1, 0.15) is 24.8 Å². The maximum Gasteiger partial charge on any atom is 0.151 e. The number of hydrogen-bond donors (Lipinski definition) is 1. The van der Waals surface area contributed by atoms with Gasteiger partial charge in [0.15, 0.2) is 5.82 Å². The third kappa shape index (κ3) is 4.35. The molecule has 4 rings (SSSR count). The van der Waals surface area contributed by atoms with Crippen LogP contribution >= 0.6 is 0 Å². The van der Waals surface area contributed by atoms with Crippen molar-refractivity contribution < 1.29 is 0 Å². The summed E-state index contributed by atoms with van der Waals surface area (Å²) >= 11 is 0. The van der Waals surface area contributed by atoms with E-state index in [0.717, 1.165) is 25.5 Å². The maximum atomic E-state index is 4.23. The van der Waals surface area contributed by atoms with Crippen molar-refractivity contribution in [1.29, 1.82) is 0 Å². The van der Waals surface area contributed by atoms with Crippen molar-refractivity contribution in [2.45, 2.75) is 37.9 Å². The average Bonchev–Trinajstić information content (AvgIpc) is 3.11. The van der Waals surface area contributed by atoms with Crippen molar-refractivity contribution in [3.05, 3.63) is 54.2 Å². The van der Waals surface area contributed by atoms with E-state index in [1.165, 1.54) is 37.9 Å². The van der Waals surface area contributed by atoms with Crippen LogP contribution in [-0.2, 0) is 6.54 Å². The molecule has 2 aliphatic heterocycles. The molecule has 5 heteroatoms. The van der Waals surface area contributed by atoms with E-state index in [9.17, 15) is 0 Å². The third-order valence-electron chi connectivity index (χ3n) is 5.37. The van der Waals surface area contributed by atoms with Crippen LogP contribution in [-0.4, -0.2) is 53.4 Å². The van der Waals surface area contributed by atoms with E-state index in [-0.39, 0.29) is 0 Å². The summed E-state index contributed by atoms with van der Waals surface area (Å²) in [5.41, 5.74) is 1.42. The van der Waals surface area contributed by atoms with Crippen LogP contribution in [0.3, 0.4) is 0 Å². The van der Waals surface area contributed by atoms with Gasteiger partial charge >= 0.3 is 0 Å². The zero-order chi connectivity index (χ0) is 16.9. The van der Waals surface area contributed by atoms with E-state index < -0.39 is 0 Å². The molecule has 1 aromatic carbocycles. The Labute approximate surface area is 150 Å². The minimum Gasteiger partial charge on any atom is -0.355 e. The zero-order valence-electron chi connectivity index (χ0n) is 14.7. The van der Waals surface area contributed by atoms with Gasteiger partial charge in [0.05, 0.1) is 0 Å². The minimum atomic E-state index is 0.634. The van der Waals surface area contributed by atoms with Gasteiger partial charge in [0, 0.05) is 51.0 Å². The molecule has 2 aromatic rings. The Hall–Kier alpha value is -1.98. The summed E-state index contributed by atoms with van der Waals surface area (Å²) in [6, 6.07) is 16.1. The molecule has 0 bridgehead atoms. The molecule has 0 saturated carbocycles. The second-order valence-corrected chi connectivity index (χ2v) is 7.22. The molecule has 0 aliphatic carbocycles. The normalized spacial score (nSPS) is 22.4. The number of benzene rings is 1. The topological polar surface area (TPSA) is 44.3 Å². The molecule has 1 N–H and O–H groups in total. The van der Waals surface area contributed by atoms with Gasteiger partial charge in [-0.05, 0) is 37.0 Å². The monoisotopic (exact) mass is 337 g/mol. The van der Waals surface area contributed by atoms with Crippen LogP contribution in [0.5, 0.6) is 0 Å². The highest BCUT2D eigenvalue weighted by Crippen LogP contribution is 2.19. The van der Waals surface area contributed by atoms with E-state index in [1.54, 1.807) is 6.20 Å². The molecule has 132 valence electrons. The smallest absolute Gasteiger partial charge is 0.151 e. The average molecular weight is 337 g/mol. The molecule has 1 atom stereocenters. The van der Waals surface area contributed by atoms with Crippen LogP contribution in [0.4, 0.5) is 5.82 Å². The van der Waals surface area contributed by atoms with Crippen molar-refractivity contribution in [2.24, 2.45) is 0 Å². The van der Waals surface area contributed by atoms with Gasteiger partial charge in [-0.1, -0.05) is 30.3 Å². The first-order chi connectivity index (χ1) is 12.4. The molecule has 5 nitrogen and oxygen atoms in total. The molecule has 3 heterocycles. The van der Waals surface area contributed by atoms with E-state index in [0.29, 0.717) is 12.1 Å². The lowest BCUT2D eigenvalue weighted by atomic mass is 10.0. The zero-order valence-corrected chi connectivity index (χ0v) is 14.7. The minimum absolute atomic E-state index is 0.634. The Morgan fingerprint density at radius 3 is 2.48 bits per heavy atom. The lowest BCUT2D eigenvalue weighted by molar-refractivity contribution is 0.306. The number of hydrogen-bond acceptors (Lipinski definition) is 5. The number of rotatable bonds is 5. The maximum absolute atomic E-state index is 4.23. The molecule has 0 amide bonds. The molecule has 0 spiro atoms. The van der Waals surface area contributed by atoms with Crippen molar-refractivity contribution in [2.75, 3.05) is 31.1 Å². The summed E-state index contributed by atoms with van der Waals surface area (Å²) < 4.78 is 0. The van der Waals surface area contributed by atoms with Gasteiger partial charge in [-0.3, -0.25) is 4.90 Å². The highest BCUT2D eigenvalue weighted by Gasteiger charge is 2.27. The highest BCUT2D eigenvalue weighted by atomic mass is 15.3. The van der Waals surface area contributed by atoms with Crippen LogP contribution in [0.25, 0.3) is 0 Å². The molecule has 0 radical (unpaired) electrons. The van der Waals surface area contributed by atoms with Crippen LogP contribution in [0, 0.1) is 0 Å². The highest BCUT2D eigenvalue weighted by molar-refractivity contribution is 5.36. The SMILES string of the molecule is c1ccc(CN2CCC(NC3CCN(c4cccnn4)CC3)C2)cc1. The second kappa shape index (κ2) is 7.93. The van der Waals surface area contributed by atoms with Gasteiger partial charge in [-0.15, -0.1) is 5.10 Å². The molecule has 2 saturated heterocycles. The second-order valence-electron chi connectivity index (χ2n) is 7.22. The predicted octanol–water partition coefficient (Wildman–Crippen LogP) is 2.31. The molecular formula is C20H27N5. The van der Waals surface area contributed by atoms with Crippen molar-refractivity contribution in [1.82, 2.24) is 20.4 Å². The summed E-state index contributed by atoms with van der Waals surface area (Å²) in [6.45, 7) is 5.57. The summed E-state index contributed by atoms with van der Waals surface area (Å²) in [7, 11) is 0. The first-order valence-electron chi connectivity index (χ1n) is 9.42. The summed E-state index contributed by atoms with van der Waals surface area (Å²) in [5, 5.41) is 12.1. The number of nitrogens with zero attached hydrogens (tertiary/aromatic N) is 4. The van der Waals surface area contributed by atoms with Gasteiger partial charge in [0.2, 0.25) is 0 Å². The molecule has 2 aliphatic rings. The lowest BCUT2D eigenvalue weighted by Crippen LogP contribution is -2.47. The Bertz CT molecular complexity index is 640. The van der Waals surface area contributed by atoms with Crippen LogP contribution < -0.4 is 10.2 Å². The van der Waals surface area contributed by atoms with E-state index in [4.69, 9.17) is 0 Å². The van der Waals surface area contributed by atoms with Crippen molar-refractivity contribution >= 4 is 5.82 Å². The number of likely N-dealkylation sites (tertiary alicyclic amines) is 1. The van der Waals surface area contributed by atoms with Gasteiger partial charge in [-0.25, -0.2) is 0 Å². The lowest BCUT2D eigenvalue weighted by Gasteiger charge is -2.34. The summed E-state index contributed by atoms with van der Waals surface area (Å²) in [6.07, 6.45) is 5.37. The van der Waals surface area contributed by atoms with E-state index >= 15 is 0 Å². The number of aromatic nitrogens is 2. The van der Waals surface area contributed by atoms with Crippen molar-refractivity contribution in [3.8, 4) is 0 Å². The fourth-order valence-corrected chi connectivity index (χ4v) is 4.02. The van der Waals surface area contributed by atoms with Crippen LogP contribution in [0.2, 0.25) is 0 Å². The summed E-state index contributed by atoms with van der Waals surface area (Å²) in [4.78, 5) is 4.92. The summed E-state index contributed by atoms with van der Waals surface area (Å²) in [5.74, 6) is 1.01. The molecule has 2 fully saturated rings. The fraction of sp³-hybridized carbons (Fsp3) is 0.500. The van der Waals surface area contributed by atoms with Crippen LogP contribution in [0.15, 0.2) is 48.7 Å². The quantitative estimate of drug-likeness (QED) is 0.907. The van der Waals surface area contributed by atoms with E-state index in [1.807, 2.05) is 6.07 Å². The Kier molecular flexibility index (Phi) is 5.23. The number of nitrogens with one attached hydrogen (secondary N) is 1. The van der Waals surface area contributed by atoms with Gasteiger partial charge in [0.25, 0.3) is 0 Å². The third-order valence-corrected chi connectivity index (χ3v) is 5.37. The first-order valence-corrected chi connectivity index (χ1v) is 9.42. The molecule has 1 aromatic heterocycles. The molecule has 25 heavy (non-hydrogen) atoms. The van der Waals surface area contributed by atoms with Gasteiger partial charge in [-0.2, -0.15) is 5.10 Å². The predicted molar refractivity (Wildman–Crippen MR) is 101 cm³/mol. The van der Waals surface area contributed by atoms with E-state index in [2.05, 4.69) is 61.7 Å². The first kappa shape index (κ1) is 16.5. The number of piperidine rings is 1. The standard InChI is InChI=1S/C20H27N5/c1-2-5-17(6-3-1)15-24-12-8-19(16-24)22-18-9-13-25(14-10-18)20-7-4-11-21-23-20/h1-7,11,18-19,22H,8-10,12-16H2. The molecule has 1 unspecified atom stereocenters. The fourth-order valence-electron chi connectivity index (χ4n) is 4.02. The Balaban J connectivity index is 1.22.